The number of hydrogen-bond acceptors (Lipinski definition) is 6. The number of nitrogens with two attached hydrogens (primary N) is 1. The van der Waals surface area contributed by atoms with Gasteiger partial charge in [-0.25, -0.2) is 14.6 Å². The SMILES string of the molecule is C[C@H](N)Cn1ncc2ccc3ocnc3c21.O=C(O)/C=C/C(=O)O. The third-order valence-electron chi connectivity index (χ3n) is 2.93. The summed E-state index contributed by atoms with van der Waals surface area (Å²) in [5.74, 6) is -2.51. The lowest BCUT2D eigenvalue weighted by Gasteiger charge is -2.06. The van der Waals surface area contributed by atoms with Crippen molar-refractivity contribution in [2.45, 2.75) is 19.5 Å². The maximum Gasteiger partial charge on any atom is 0.328 e. The molecule has 2 heterocycles. The minimum Gasteiger partial charge on any atom is -0.478 e. The summed E-state index contributed by atoms with van der Waals surface area (Å²) >= 11 is 0. The molecule has 126 valence electrons. The van der Waals surface area contributed by atoms with E-state index in [4.69, 9.17) is 20.4 Å². The summed E-state index contributed by atoms with van der Waals surface area (Å²) in [5, 5.41) is 21.0. The van der Waals surface area contributed by atoms with E-state index in [-0.39, 0.29) is 6.04 Å². The first kappa shape index (κ1) is 17.2. The number of benzene rings is 1. The molecule has 1 atom stereocenters. The van der Waals surface area contributed by atoms with Crippen LogP contribution in [-0.4, -0.2) is 43.0 Å². The summed E-state index contributed by atoms with van der Waals surface area (Å²) in [5.41, 5.74) is 8.40. The molecule has 0 unspecified atom stereocenters. The zero-order valence-electron chi connectivity index (χ0n) is 12.8. The molecular formula is C15H16N4O5. The van der Waals surface area contributed by atoms with Crippen LogP contribution in [0, 0.1) is 0 Å². The first-order chi connectivity index (χ1) is 11.4. The van der Waals surface area contributed by atoms with E-state index in [9.17, 15) is 9.59 Å². The van der Waals surface area contributed by atoms with Gasteiger partial charge in [-0.3, -0.25) is 4.68 Å². The quantitative estimate of drug-likeness (QED) is 0.605. The minimum absolute atomic E-state index is 0.0604. The van der Waals surface area contributed by atoms with Gasteiger partial charge in [0.25, 0.3) is 0 Å². The second kappa shape index (κ2) is 7.38. The third-order valence-corrected chi connectivity index (χ3v) is 2.93. The molecule has 0 bridgehead atoms. The van der Waals surface area contributed by atoms with Crippen molar-refractivity contribution in [1.82, 2.24) is 14.8 Å². The van der Waals surface area contributed by atoms with Crippen molar-refractivity contribution in [3.8, 4) is 0 Å². The Balaban J connectivity index is 0.000000224. The normalized spacial score (nSPS) is 12.2. The molecule has 4 N–H and O–H groups in total. The van der Waals surface area contributed by atoms with Crippen LogP contribution in [0.2, 0.25) is 0 Å². The Morgan fingerprint density at radius 3 is 2.58 bits per heavy atom. The van der Waals surface area contributed by atoms with E-state index in [2.05, 4.69) is 10.1 Å². The fraction of sp³-hybridized carbons (Fsp3) is 0.200. The number of carbonyl (C=O) groups is 2. The van der Waals surface area contributed by atoms with Gasteiger partial charge in [-0.1, -0.05) is 0 Å². The van der Waals surface area contributed by atoms with Crippen LogP contribution in [0.5, 0.6) is 0 Å². The van der Waals surface area contributed by atoms with Gasteiger partial charge < -0.3 is 20.4 Å². The van der Waals surface area contributed by atoms with Gasteiger partial charge in [0, 0.05) is 23.6 Å². The molecule has 3 rings (SSSR count). The van der Waals surface area contributed by atoms with Crippen molar-refractivity contribution in [3.63, 3.8) is 0 Å². The van der Waals surface area contributed by atoms with E-state index in [1.807, 2.05) is 29.9 Å². The average Bonchev–Trinajstić information content (AvgIpc) is 3.11. The summed E-state index contributed by atoms with van der Waals surface area (Å²) in [6.07, 6.45) is 4.39. The zero-order valence-corrected chi connectivity index (χ0v) is 12.8. The standard InChI is InChI=1S/C11H12N4O.C4H4O4/c1-7(12)5-15-11-8(4-14-15)2-3-9-10(11)13-6-16-9;5-3(6)1-2-4(7)8/h2-4,6-7H,5,12H2,1H3;1-2H,(H,5,6)(H,7,8)/b;2-1+/t7-;/m0./s1. The highest BCUT2D eigenvalue weighted by Crippen LogP contribution is 2.23. The van der Waals surface area contributed by atoms with E-state index in [0.29, 0.717) is 18.7 Å². The molecular weight excluding hydrogens is 316 g/mol. The number of oxazole rings is 1. The third kappa shape index (κ3) is 4.17. The fourth-order valence-electron chi connectivity index (χ4n) is 2.05. The van der Waals surface area contributed by atoms with Gasteiger partial charge in [0.15, 0.2) is 12.0 Å². The van der Waals surface area contributed by atoms with Crippen molar-refractivity contribution in [3.05, 3.63) is 36.9 Å². The Bertz CT molecular complexity index is 878. The lowest BCUT2D eigenvalue weighted by atomic mass is 10.2. The molecule has 0 spiro atoms. The summed E-state index contributed by atoms with van der Waals surface area (Å²) < 4.78 is 7.15. The van der Waals surface area contributed by atoms with Crippen molar-refractivity contribution in [1.29, 1.82) is 0 Å². The molecule has 2 aromatic heterocycles. The topological polar surface area (TPSA) is 144 Å². The summed E-state index contributed by atoms with van der Waals surface area (Å²) in [7, 11) is 0. The number of aliphatic carboxylic acids is 2. The van der Waals surface area contributed by atoms with Crippen LogP contribution in [0.1, 0.15) is 6.92 Å². The van der Waals surface area contributed by atoms with Crippen molar-refractivity contribution < 1.29 is 24.2 Å². The maximum atomic E-state index is 9.55. The maximum absolute atomic E-state index is 9.55. The van der Waals surface area contributed by atoms with Crippen LogP contribution in [-0.2, 0) is 16.1 Å². The highest BCUT2D eigenvalue weighted by molar-refractivity contribution is 6.00. The lowest BCUT2D eigenvalue weighted by Crippen LogP contribution is -2.22. The molecule has 24 heavy (non-hydrogen) atoms. The highest BCUT2D eigenvalue weighted by Gasteiger charge is 2.11. The second-order valence-corrected chi connectivity index (χ2v) is 5.02. The first-order valence-corrected chi connectivity index (χ1v) is 6.95. The smallest absolute Gasteiger partial charge is 0.328 e. The number of nitrogens with zero attached hydrogens (tertiary/aromatic N) is 3. The minimum atomic E-state index is -1.26. The zero-order chi connectivity index (χ0) is 17.7. The number of carboxylic acids is 2. The Labute approximate surface area is 136 Å². The van der Waals surface area contributed by atoms with E-state index in [1.54, 1.807) is 0 Å². The number of hydrogen-bond donors (Lipinski definition) is 3. The lowest BCUT2D eigenvalue weighted by molar-refractivity contribution is -0.134. The molecule has 0 saturated heterocycles. The van der Waals surface area contributed by atoms with Gasteiger partial charge in [0.1, 0.15) is 5.52 Å². The summed E-state index contributed by atoms with van der Waals surface area (Å²) in [6.45, 7) is 2.63. The van der Waals surface area contributed by atoms with Crippen LogP contribution < -0.4 is 5.73 Å². The number of fused-ring (bicyclic) bond motifs is 3. The molecule has 9 nitrogen and oxygen atoms in total. The highest BCUT2D eigenvalue weighted by atomic mass is 16.4. The number of aromatic nitrogens is 3. The van der Waals surface area contributed by atoms with Crippen LogP contribution in [0.25, 0.3) is 22.0 Å². The predicted molar refractivity (Wildman–Crippen MR) is 85.4 cm³/mol. The Hall–Kier alpha value is -3.20. The molecule has 9 heteroatoms. The van der Waals surface area contributed by atoms with Crippen LogP contribution in [0.3, 0.4) is 0 Å². The Kier molecular flexibility index (Phi) is 5.27. The van der Waals surface area contributed by atoms with Gasteiger partial charge in [-0.05, 0) is 19.1 Å². The second-order valence-electron chi connectivity index (χ2n) is 5.02. The van der Waals surface area contributed by atoms with Gasteiger partial charge >= 0.3 is 11.9 Å². The van der Waals surface area contributed by atoms with Crippen LogP contribution in [0.4, 0.5) is 0 Å². The summed E-state index contributed by atoms with van der Waals surface area (Å²) in [4.78, 5) is 23.3. The predicted octanol–water partition coefficient (Wildman–Crippen LogP) is 1.24. The number of carboxylic acid groups (broad SMARTS) is 2. The van der Waals surface area contributed by atoms with Crippen LogP contribution in [0.15, 0.2) is 41.3 Å². The molecule has 0 aliphatic heterocycles. The fourth-order valence-corrected chi connectivity index (χ4v) is 2.05. The molecule has 1 aromatic carbocycles. The molecule has 3 aromatic rings. The molecule has 0 fully saturated rings. The Morgan fingerprint density at radius 1 is 1.33 bits per heavy atom. The Morgan fingerprint density at radius 2 is 2.00 bits per heavy atom. The van der Waals surface area contributed by atoms with Crippen LogP contribution >= 0.6 is 0 Å². The van der Waals surface area contributed by atoms with Gasteiger partial charge in [0.2, 0.25) is 0 Å². The van der Waals surface area contributed by atoms with Crippen molar-refractivity contribution in [2.75, 3.05) is 0 Å². The van der Waals surface area contributed by atoms with E-state index >= 15 is 0 Å². The first-order valence-electron chi connectivity index (χ1n) is 6.95. The molecule has 0 amide bonds. The van der Waals surface area contributed by atoms with Gasteiger partial charge in [-0.2, -0.15) is 5.10 Å². The number of rotatable bonds is 4. The monoisotopic (exact) mass is 332 g/mol. The van der Waals surface area contributed by atoms with Crippen molar-refractivity contribution >= 4 is 33.9 Å². The van der Waals surface area contributed by atoms with Gasteiger partial charge in [0.05, 0.1) is 18.3 Å². The van der Waals surface area contributed by atoms with Crippen molar-refractivity contribution in [2.24, 2.45) is 5.73 Å². The van der Waals surface area contributed by atoms with Gasteiger partial charge in [-0.15, -0.1) is 0 Å². The van der Waals surface area contributed by atoms with E-state index in [1.165, 1.54) is 6.39 Å². The average molecular weight is 332 g/mol. The molecule has 0 aliphatic carbocycles. The molecule has 0 radical (unpaired) electrons. The van der Waals surface area contributed by atoms with E-state index < -0.39 is 11.9 Å². The van der Waals surface area contributed by atoms with E-state index in [0.717, 1.165) is 22.0 Å². The summed E-state index contributed by atoms with van der Waals surface area (Å²) in [6, 6.07) is 3.95. The molecule has 0 aliphatic rings. The largest absolute Gasteiger partial charge is 0.478 e. The molecule has 0 saturated carbocycles.